The second kappa shape index (κ2) is 7.50. The summed E-state index contributed by atoms with van der Waals surface area (Å²) in [5.41, 5.74) is 2.12. The molecule has 1 atom stereocenters. The van der Waals surface area contributed by atoms with E-state index in [0.29, 0.717) is 41.4 Å². The van der Waals surface area contributed by atoms with Gasteiger partial charge in [0, 0.05) is 24.8 Å². The standard InChI is InChI=1S/C21H20FN3O3/c1-28-19-6-8-23-18(19)11-15-20-14(3-2-9-25-10-7-13(26)12-25)16(22)4-5-17(20)24-21(15)27/h4-6,8,11,13,23,26H,7,9-10,12H2,1H3,(H,24,27)/t13-/m1/s1. The summed E-state index contributed by atoms with van der Waals surface area (Å²) in [6.07, 6.45) is 3.74. The first kappa shape index (κ1) is 18.3. The number of nitrogens with zero attached hydrogens (tertiary/aromatic N) is 1. The second-order valence-electron chi connectivity index (χ2n) is 6.80. The smallest absolute Gasteiger partial charge is 0.256 e. The maximum Gasteiger partial charge on any atom is 0.256 e. The Morgan fingerprint density at radius 1 is 1.43 bits per heavy atom. The molecule has 0 spiro atoms. The number of aromatic amines is 1. The number of nitrogens with one attached hydrogen (secondary N) is 2. The Bertz CT molecular complexity index is 1020. The topological polar surface area (TPSA) is 77.6 Å². The van der Waals surface area contributed by atoms with Gasteiger partial charge in [0.25, 0.3) is 5.91 Å². The summed E-state index contributed by atoms with van der Waals surface area (Å²) >= 11 is 0. The van der Waals surface area contributed by atoms with Gasteiger partial charge in [0.15, 0.2) is 0 Å². The highest BCUT2D eigenvalue weighted by Crippen LogP contribution is 2.37. The summed E-state index contributed by atoms with van der Waals surface area (Å²) in [5.74, 6) is 5.66. The van der Waals surface area contributed by atoms with Crippen LogP contribution in [0.4, 0.5) is 10.1 Å². The molecule has 1 fully saturated rings. The predicted octanol–water partition coefficient (Wildman–Crippen LogP) is 2.07. The minimum atomic E-state index is -0.478. The van der Waals surface area contributed by atoms with Crippen molar-refractivity contribution in [1.29, 1.82) is 0 Å². The van der Waals surface area contributed by atoms with Gasteiger partial charge in [0.2, 0.25) is 0 Å². The van der Waals surface area contributed by atoms with Gasteiger partial charge in [-0.2, -0.15) is 0 Å². The minimum absolute atomic E-state index is 0.187. The average Bonchev–Trinajstić information content (AvgIpc) is 3.37. The molecule has 0 unspecified atom stereocenters. The summed E-state index contributed by atoms with van der Waals surface area (Å²) in [6, 6.07) is 4.59. The number of likely N-dealkylation sites (tertiary alicyclic amines) is 1. The van der Waals surface area contributed by atoms with Crippen LogP contribution in [0.15, 0.2) is 24.4 Å². The minimum Gasteiger partial charge on any atom is -0.495 e. The van der Waals surface area contributed by atoms with Gasteiger partial charge in [-0.25, -0.2) is 4.39 Å². The number of anilines is 1. The van der Waals surface area contributed by atoms with E-state index in [2.05, 4.69) is 22.1 Å². The predicted molar refractivity (Wildman–Crippen MR) is 104 cm³/mol. The quantitative estimate of drug-likeness (QED) is 0.562. The van der Waals surface area contributed by atoms with Crippen molar-refractivity contribution in [3.05, 3.63) is 47.0 Å². The number of fused-ring (bicyclic) bond motifs is 1. The molecular weight excluding hydrogens is 361 g/mol. The number of aliphatic hydroxyl groups is 1. The molecule has 144 valence electrons. The number of carbonyl (C=O) groups excluding carboxylic acids is 1. The van der Waals surface area contributed by atoms with Crippen molar-refractivity contribution in [2.45, 2.75) is 12.5 Å². The monoisotopic (exact) mass is 381 g/mol. The number of amides is 1. The van der Waals surface area contributed by atoms with Crippen LogP contribution in [-0.2, 0) is 4.79 Å². The molecule has 0 bridgehead atoms. The van der Waals surface area contributed by atoms with Crippen molar-refractivity contribution in [2.24, 2.45) is 0 Å². The van der Waals surface area contributed by atoms with Gasteiger partial charge in [-0.1, -0.05) is 11.8 Å². The van der Waals surface area contributed by atoms with Crippen molar-refractivity contribution in [2.75, 3.05) is 32.1 Å². The zero-order valence-corrected chi connectivity index (χ0v) is 15.4. The maximum absolute atomic E-state index is 14.6. The van der Waals surface area contributed by atoms with E-state index in [4.69, 9.17) is 4.74 Å². The van der Waals surface area contributed by atoms with Crippen LogP contribution in [0.25, 0.3) is 11.6 Å². The van der Waals surface area contributed by atoms with E-state index < -0.39 is 5.82 Å². The number of hydrogen-bond donors (Lipinski definition) is 3. The number of hydrogen-bond acceptors (Lipinski definition) is 4. The molecule has 1 saturated heterocycles. The fraction of sp³-hybridized carbons (Fsp3) is 0.286. The molecule has 2 aliphatic rings. The van der Waals surface area contributed by atoms with Gasteiger partial charge in [-0.15, -0.1) is 0 Å². The van der Waals surface area contributed by atoms with E-state index in [1.54, 1.807) is 25.4 Å². The zero-order chi connectivity index (χ0) is 19.7. The molecule has 6 nitrogen and oxygen atoms in total. The van der Waals surface area contributed by atoms with Crippen molar-refractivity contribution in [1.82, 2.24) is 9.88 Å². The first-order chi connectivity index (χ1) is 13.6. The van der Waals surface area contributed by atoms with Crippen LogP contribution < -0.4 is 10.1 Å². The molecule has 0 aliphatic carbocycles. The fourth-order valence-electron chi connectivity index (χ4n) is 3.52. The number of rotatable bonds is 3. The Balaban J connectivity index is 1.71. The fourth-order valence-corrected chi connectivity index (χ4v) is 3.52. The number of halogens is 1. The summed E-state index contributed by atoms with van der Waals surface area (Å²) in [6.45, 7) is 1.77. The first-order valence-corrected chi connectivity index (χ1v) is 9.03. The molecular formula is C21H20FN3O3. The van der Waals surface area contributed by atoms with Crippen LogP contribution in [0, 0.1) is 17.7 Å². The average molecular weight is 381 g/mol. The van der Waals surface area contributed by atoms with Crippen LogP contribution in [0.2, 0.25) is 0 Å². The molecule has 1 aromatic heterocycles. The highest BCUT2D eigenvalue weighted by Gasteiger charge is 2.29. The van der Waals surface area contributed by atoms with E-state index in [-0.39, 0.29) is 17.6 Å². The van der Waals surface area contributed by atoms with Gasteiger partial charge in [0.05, 0.1) is 42.3 Å². The summed E-state index contributed by atoms with van der Waals surface area (Å²) in [7, 11) is 1.54. The summed E-state index contributed by atoms with van der Waals surface area (Å²) in [4.78, 5) is 17.5. The van der Waals surface area contributed by atoms with Gasteiger partial charge < -0.3 is 20.1 Å². The lowest BCUT2D eigenvalue weighted by Crippen LogP contribution is -2.22. The van der Waals surface area contributed by atoms with Crippen LogP contribution in [0.3, 0.4) is 0 Å². The van der Waals surface area contributed by atoms with E-state index in [1.807, 2.05) is 4.90 Å². The van der Waals surface area contributed by atoms with Crippen molar-refractivity contribution in [3.63, 3.8) is 0 Å². The molecule has 7 heteroatoms. The molecule has 3 heterocycles. The SMILES string of the molecule is COc1cc[nH]c1C=C1C(=O)Nc2ccc(F)c(C#CCN3CC[C@@H](O)C3)c21. The van der Waals surface area contributed by atoms with E-state index >= 15 is 0 Å². The largest absolute Gasteiger partial charge is 0.495 e. The molecule has 1 amide bonds. The van der Waals surface area contributed by atoms with Gasteiger partial charge in [-0.05, 0) is 30.7 Å². The van der Waals surface area contributed by atoms with Crippen LogP contribution in [0.1, 0.15) is 23.2 Å². The van der Waals surface area contributed by atoms with E-state index in [9.17, 15) is 14.3 Å². The maximum atomic E-state index is 14.6. The Morgan fingerprint density at radius 2 is 2.29 bits per heavy atom. The Kier molecular flexibility index (Phi) is 4.90. The van der Waals surface area contributed by atoms with Crippen molar-refractivity contribution >= 4 is 23.2 Å². The highest BCUT2D eigenvalue weighted by molar-refractivity contribution is 6.35. The number of H-pyrrole nitrogens is 1. The van der Waals surface area contributed by atoms with Gasteiger partial charge in [-0.3, -0.25) is 9.69 Å². The molecule has 4 rings (SSSR count). The molecule has 3 N–H and O–H groups in total. The number of benzene rings is 1. The summed E-state index contributed by atoms with van der Waals surface area (Å²) in [5, 5.41) is 12.4. The lowest BCUT2D eigenvalue weighted by atomic mass is 9.99. The van der Waals surface area contributed by atoms with E-state index in [1.165, 1.54) is 12.1 Å². The van der Waals surface area contributed by atoms with Gasteiger partial charge >= 0.3 is 0 Å². The van der Waals surface area contributed by atoms with Crippen molar-refractivity contribution in [3.8, 4) is 17.6 Å². The first-order valence-electron chi connectivity index (χ1n) is 9.03. The van der Waals surface area contributed by atoms with Crippen LogP contribution in [0.5, 0.6) is 5.75 Å². The molecule has 0 radical (unpaired) electrons. The molecule has 1 aromatic carbocycles. The second-order valence-corrected chi connectivity index (χ2v) is 6.80. The lowest BCUT2D eigenvalue weighted by molar-refractivity contribution is -0.110. The third-order valence-electron chi connectivity index (χ3n) is 4.93. The number of aliphatic hydroxyl groups excluding tert-OH is 1. The number of methoxy groups -OCH3 is 1. The molecule has 2 aliphatic heterocycles. The number of aromatic nitrogens is 1. The van der Waals surface area contributed by atoms with Gasteiger partial charge in [0.1, 0.15) is 11.6 Å². The zero-order valence-electron chi connectivity index (χ0n) is 15.4. The Labute approximate surface area is 162 Å². The Hall–Kier alpha value is -3.08. The molecule has 0 saturated carbocycles. The Morgan fingerprint density at radius 3 is 3.04 bits per heavy atom. The van der Waals surface area contributed by atoms with Crippen LogP contribution >= 0.6 is 0 Å². The number of β-amino-alcohol motifs (C(OH)–C–C–N with tert-alkyl or cyclic N) is 1. The molecule has 2 aromatic rings. The van der Waals surface area contributed by atoms with E-state index in [0.717, 1.165) is 13.0 Å². The molecule has 28 heavy (non-hydrogen) atoms. The normalized spacial score (nSPS) is 20.0. The highest BCUT2D eigenvalue weighted by atomic mass is 19.1. The third kappa shape index (κ3) is 3.40. The number of carbonyl (C=O) groups is 1. The van der Waals surface area contributed by atoms with Crippen LogP contribution in [-0.4, -0.2) is 53.7 Å². The lowest BCUT2D eigenvalue weighted by Gasteiger charge is -2.09. The van der Waals surface area contributed by atoms with Crippen molar-refractivity contribution < 1.29 is 19.0 Å². The third-order valence-corrected chi connectivity index (χ3v) is 4.93. The number of ether oxygens (including phenoxy) is 1. The summed E-state index contributed by atoms with van der Waals surface area (Å²) < 4.78 is 19.8.